The van der Waals surface area contributed by atoms with Gasteiger partial charge < -0.3 is 19.9 Å². The normalized spacial score (nSPS) is 13.8. The number of carbonyl (C=O) groups is 1. The van der Waals surface area contributed by atoms with Crippen molar-refractivity contribution in [3.63, 3.8) is 0 Å². The molecule has 2 N–H and O–H groups in total. The van der Waals surface area contributed by atoms with Crippen molar-refractivity contribution in [3.05, 3.63) is 0 Å². The summed E-state index contributed by atoms with van der Waals surface area (Å²) >= 11 is 0. The van der Waals surface area contributed by atoms with E-state index in [9.17, 15) is 9.90 Å². The Balaban J connectivity index is 3.85. The molecule has 0 aromatic heterocycles. The van der Waals surface area contributed by atoms with Gasteiger partial charge in [0.15, 0.2) is 0 Å². The van der Waals surface area contributed by atoms with Gasteiger partial charge in [-0.15, -0.1) is 0 Å². The van der Waals surface area contributed by atoms with E-state index < -0.39 is 11.5 Å². The lowest BCUT2D eigenvalue weighted by Crippen LogP contribution is -2.45. The summed E-state index contributed by atoms with van der Waals surface area (Å²) in [5.41, 5.74) is -1.36. The molecule has 1 amide bonds. The highest BCUT2D eigenvalue weighted by Crippen LogP contribution is 2.00. The van der Waals surface area contributed by atoms with Crippen molar-refractivity contribution in [3.8, 4) is 0 Å². The standard InChI is InChI=1S/C9H19NO4/c1-9(2,12)8(11)10-5-7(14-4)6-13-3/h7,12H,5-6H2,1-4H3,(H,10,11). The molecule has 0 saturated carbocycles. The predicted molar refractivity (Wildman–Crippen MR) is 52.0 cm³/mol. The van der Waals surface area contributed by atoms with Crippen LogP contribution in [0.4, 0.5) is 0 Å². The molecule has 0 fully saturated rings. The first-order valence-electron chi connectivity index (χ1n) is 4.44. The Morgan fingerprint density at radius 1 is 1.50 bits per heavy atom. The quantitative estimate of drug-likeness (QED) is 0.615. The van der Waals surface area contributed by atoms with Gasteiger partial charge in [0.05, 0.1) is 12.7 Å². The molecule has 0 aromatic rings. The molecule has 14 heavy (non-hydrogen) atoms. The van der Waals surface area contributed by atoms with Crippen molar-refractivity contribution < 1.29 is 19.4 Å². The second-order valence-corrected chi connectivity index (χ2v) is 3.58. The third kappa shape index (κ3) is 5.16. The van der Waals surface area contributed by atoms with Gasteiger partial charge in [-0.2, -0.15) is 0 Å². The number of nitrogens with one attached hydrogen (secondary N) is 1. The van der Waals surface area contributed by atoms with E-state index in [4.69, 9.17) is 9.47 Å². The Bertz CT molecular complexity index is 176. The molecule has 0 heterocycles. The fourth-order valence-electron chi connectivity index (χ4n) is 0.819. The molecule has 0 aliphatic carbocycles. The number of rotatable bonds is 6. The van der Waals surface area contributed by atoms with E-state index in [1.165, 1.54) is 13.8 Å². The first-order chi connectivity index (χ1) is 6.41. The van der Waals surface area contributed by atoms with E-state index in [0.29, 0.717) is 13.2 Å². The van der Waals surface area contributed by atoms with Crippen LogP contribution in [0.15, 0.2) is 0 Å². The molecule has 0 bridgehead atoms. The molecular formula is C9H19NO4. The Labute approximate surface area is 84.4 Å². The zero-order valence-corrected chi connectivity index (χ0v) is 9.16. The summed E-state index contributed by atoms with van der Waals surface area (Å²) in [4.78, 5) is 11.2. The summed E-state index contributed by atoms with van der Waals surface area (Å²) in [5.74, 6) is -0.421. The lowest BCUT2D eigenvalue weighted by atomic mass is 10.1. The minimum Gasteiger partial charge on any atom is -0.382 e. The second kappa shape index (κ2) is 5.95. The highest BCUT2D eigenvalue weighted by atomic mass is 16.5. The van der Waals surface area contributed by atoms with Crippen molar-refractivity contribution >= 4 is 5.91 Å². The number of ether oxygens (including phenoxy) is 2. The van der Waals surface area contributed by atoms with E-state index in [0.717, 1.165) is 0 Å². The van der Waals surface area contributed by atoms with Crippen molar-refractivity contribution in [1.29, 1.82) is 0 Å². The molecule has 1 unspecified atom stereocenters. The number of aliphatic hydroxyl groups is 1. The number of hydrogen-bond acceptors (Lipinski definition) is 4. The monoisotopic (exact) mass is 205 g/mol. The van der Waals surface area contributed by atoms with Gasteiger partial charge in [-0.25, -0.2) is 0 Å². The lowest BCUT2D eigenvalue weighted by Gasteiger charge is -2.20. The summed E-state index contributed by atoms with van der Waals surface area (Å²) in [6.45, 7) is 3.59. The number of amides is 1. The van der Waals surface area contributed by atoms with E-state index in [-0.39, 0.29) is 6.10 Å². The molecule has 0 aliphatic rings. The Morgan fingerprint density at radius 2 is 2.07 bits per heavy atom. The smallest absolute Gasteiger partial charge is 0.251 e. The van der Waals surface area contributed by atoms with Crippen molar-refractivity contribution in [2.24, 2.45) is 0 Å². The fraction of sp³-hybridized carbons (Fsp3) is 0.889. The molecule has 0 aromatic carbocycles. The molecule has 0 rings (SSSR count). The summed E-state index contributed by atoms with van der Waals surface area (Å²) in [7, 11) is 3.10. The van der Waals surface area contributed by atoms with Crippen molar-refractivity contribution in [2.45, 2.75) is 25.6 Å². The molecule has 0 spiro atoms. The van der Waals surface area contributed by atoms with Gasteiger partial charge >= 0.3 is 0 Å². The molecule has 84 valence electrons. The Hall–Kier alpha value is -0.650. The predicted octanol–water partition coefficient (Wildman–Crippen LogP) is -0.465. The van der Waals surface area contributed by atoms with Crippen LogP contribution in [-0.4, -0.2) is 50.1 Å². The Morgan fingerprint density at radius 3 is 2.43 bits per heavy atom. The SMILES string of the molecule is COCC(CNC(=O)C(C)(C)O)OC. The van der Waals surface area contributed by atoms with Crippen molar-refractivity contribution in [1.82, 2.24) is 5.32 Å². The van der Waals surface area contributed by atoms with Gasteiger partial charge in [0, 0.05) is 20.8 Å². The molecule has 5 heteroatoms. The van der Waals surface area contributed by atoms with Crippen molar-refractivity contribution in [2.75, 3.05) is 27.4 Å². The van der Waals surface area contributed by atoms with Crippen LogP contribution in [0.3, 0.4) is 0 Å². The van der Waals surface area contributed by atoms with E-state index in [1.807, 2.05) is 0 Å². The molecule has 1 atom stereocenters. The fourth-order valence-corrected chi connectivity index (χ4v) is 0.819. The third-order valence-electron chi connectivity index (χ3n) is 1.73. The maximum absolute atomic E-state index is 11.2. The maximum atomic E-state index is 11.2. The summed E-state index contributed by atoms with van der Waals surface area (Å²) in [6, 6.07) is 0. The van der Waals surface area contributed by atoms with Gasteiger partial charge in [-0.3, -0.25) is 4.79 Å². The average Bonchev–Trinajstić information content (AvgIpc) is 2.10. The number of methoxy groups -OCH3 is 2. The van der Waals surface area contributed by atoms with Gasteiger partial charge in [0.2, 0.25) is 0 Å². The van der Waals surface area contributed by atoms with E-state index in [2.05, 4.69) is 5.32 Å². The maximum Gasteiger partial charge on any atom is 0.251 e. The summed E-state index contributed by atoms with van der Waals surface area (Å²) in [6.07, 6.45) is -0.189. The van der Waals surface area contributed by atoms with Crippen LogP contribution in [0.1, 0.15) is 13.8 Å². The highest BCUT2D eigenvalue weighted by Gasteiger charge is 2.23. The number of carbonyl (C=O) groups excluding carboxylic acids is 1. The topological polar surface area (TPSA) is 67.8 Å². The van der Waals surface area contributed by atoms with Gasteiger partial charge in [-0.1, -0.05) is 0 Å². The lowest BCUT2D eigenvalue weighted by molar-refractivity contribution is -0.137. The van der Waals surface area contributed by atoms with Crippen LogP contribution >= 0.6 is 0 Å². The van der Waals surface area contributed by atoms with E-state index >= 15 is 0 Å². The van der Waals surface area contributed by atoms with Gasteiger partial charge in [0.25, 0.3) is 5.91 Å². The molecule has 0 radical (unpaired) electrons. The zero-order valence-electron chi connectivity index (χ0n) is 9.16. The number of hydrogen-bond donors (Lipinski definition) is 2. The van der Waals surface area contributed by atoms with Crippen LogP contribution in [0.5, 0.6) is 0 Å². The molecule has 0 aliphatic heterocycles. The third-order valence-corrected chi connectivity index (χ3v) is 1.73. The van der Waals surface area contributed by atoms with E-state index in [1.54, 1.807) is 14.2 Å². The van der Waals surface area contributed by atoms with Gasteiger partial charge in [0.1, 0.15) is 5.60 Å². The average molecular weight is 205 g/mol. The minimum atomic E-state index is -1.36. The first kappa shape index (κ1) is 13.4. The highest BCUT2D eigenvalue weighted by molar-refractivity contribution is 5.83. The largest absolute Gasteiger partial charge is 0.382 e. The minimum absolute atomic E-state index is 0.189. The van der Waals surface area contributed by atoms with Crippen LogP contribution in [0.2, 0.25) is 0 Å². The summed E-state index contributed by atoms with van der Waals surface area (Å²) in [5, 5.41) is 11.9. The first-order valence-corrected chi connectivity index (χ1v) is 4.44. The Kier molecular flexibility index (Phi) is 5.68. The summed E-state index contributed by atoms with van der Waals surface area (Å²) < 4.78 is 9.91. The zero-order chi connectivity index (χ0) is 11.2. The van der Waals surface area contributed by atoms with Crippen LogP contribution in [0, 0.1) is 0 Å². The van der Waals surface area contributed by atoms with Crippen LogP contribution < -0.4 is 5.32 Å². The molecular weight excluding hydrogens is 186 g/mol. The van der Waals surface area contributed by atoms with Crippen LogP contribution in [-0.2, 0) is 14.3 Å². The molecule has 0 saturated heterocycles. The molecule has 5 nitrogen and oxygen atoms in total. The van der Waals surface area contributed by atoms with Crippen LogP contribution in [0.25, 0.3) is 0 Å². The second-order valence-electron chi connectivity index (χ2n) is 3.58. The van der Waals surface area contributed by atoms with Gasteiger partial charge in [-0.05, 0) is 13.8 Å².